The van der Waals surface area contributed by atoms with E-state index in [1.54, 1.807) is 36.9 Å². The monoisotopic (exact) mass is 371 g/mol. The first-order chi connectivity index (χ1) is 10.7. The van der Waals surface area contributed by atoms with Gasteiger partial charge < -0.3 is 5.73 Å². The van der Waals surface area contributed by atoms with Gasteiger partial charge in [0.15, 0.2) is 0 Å². The van der Waals surface area contributed by atoms with Crippen molar-refractivity contribution < 1.29 is 0 Å². The highest BCUT2D eigenvalue weighted by molar-refractivity contribution is 6.33. The molecule has 0 bridgehead atoms. The lowest BCUT2D eigenvalue weighted by Gasteiger charge is -1.97. The van der Waals surface area contributed by atoms with Gasteiger partial charge in [-0.25, -0.2) is 5.43 Å². The molecule has 0 saturated heterocycles. The van der Waals surface area contributed by atoms with Gasteiger partial charge in [-0.1, -0.05) is 23.2 Å². The molecule has 0 aromatic carbocycles. The molecule has 0 aliphatic rings. The number of pyridine rings is 2. The van der Waals surface area contributed by atoms with Gasteiger partial charge in [-0.3, -0.25) is 9.97 Å². The minimum Gasteiger partial charge on any atom is -0.367 e. The van der Waals surface area contributed by atoms with E-state index in [1.165, 1.54) is 12.4 Å². The molecule has 0 saturated carbocycles. The number of hydrogen-bond acceptors (Lipinski definition) is 5. The first kappa shape index (κ1) is 18.8. The Morgan fingerprint density at radius 2 is 1.61 bits per heavy atom. The Morgan fingerprint density at radius 1 is 1.04 bits per heavy atom. The van der Waals surface area contributed by atoms with Gasteiger partial charge in [-0.05, 0) is 12.1 Å². The third-order valence-electron chi connectivity index (χ3n) is 2.34. The third kappa shape index (κ3) is 6.19. The number of nitrogens with one attached hydrogen (secondary N) is 1. The van der Waals surface area contributed by atoms with Gasteiger partial charge in [0.2, 0.25) is 5.96 Å². The number of nitrogens with two attached hydrogens (primary N) is 1. The zero-order chi connectivity index (χ0) is 15.8. The molecule has 0 spiro atoms. The van der Waals surface area contributed by atoms with Crippen LogP contribution in [0, 0.1) is 0 Å². The van der Waals surface area contributed by atoms with Gasteiger partial charge >= 0.3 is 0 Å². The zero-order valence-electron chi connectivity index (χ0n) is 11.6. The molecular formula is C13H12Cl3N7. The van der Waals surface area contributed by atoms with Crippen LogP contribution in [-0.4, -0.2) is 28.4 Å². The van der Waals surface area contributed by atoms with Gasteiger partial charge in [-0.15, -0.1) is 17.5 Å². The highest BCUT2D eigenvalue weighted by Crippen LogP contribution is 2.11. The molecule has 0 radical (unpaired) electrons. The summed E-state index contributed by atoms with van der Waals surface area (Å²) in [7, 11) is 0. The summed E-state index contributed by atoms with van der Waals surface area (Å²) in [6.45, 7) is 0. The van der Waals surface area contributed by atoms with E-state index < -0.39 is 0 Å². The summed E-state index contributed by atoms with van der Waals surface area (Å²) in [5.41, 5.74) is 9.38. The molecule has 0 fully saturated rings. The Morgan fingerprint density at radius 3 is 2.17 bits per heavy atom. The molecule has 0 aliphatic heterocycles. The van der Waals surface area contributed by atoms with Gasteiger partial charge in [-0.2, -0.15) is 10.2 Å². The average Bonchev–Trinajstić information content (AvgIpc) is 2.51. The van der Waals surface area contributed by atoms with Crippen molar-refractivity contribution in [2.45, 2.75) is 0 Å². The molecule has 0 atom stereocenters. The maximum atomic E-state index is 5.94. The highest BCUT2D eigenvalue weighted by atomic mass is 35.5. The van der Waals surface area contributed by atoms with Crippen LogP contribution in [0.25, 0.3) is 0 Å². The maximum Gasteiger partial charge on any atom is 0.234 e. The number of rotatable bonds is 4. The molecule has 120 valence electrons. The molecule has 0 amide bonds. The van der Waals surface area contributed by atoms with Crippen molar-refractivity contribution in [2.75, 3.05) is 0 Å². The molecular weight excluding hydrogens is 361 g/mol. The molecule has 3 N–H and O–H groups in total. The van der Waals surface area contributed by atoms with Gasteiger partial charge in [0.25, 0.3) is 0 Å². The summed E-state index contributed by atoms with van der Waals surface area (Å²) in [6.07, 6.45) is 9.21. The number of hydrazone groups is 1. The van der Waals surface area contributed by atoms with Crippen LogP contribution < -0.4 is 11.2 Å². The lowest BCUT2D eigenvalue weighted by Crippen LogP contribution is -2.26. The SMILES string of the molecule is Cl.NC(=NN=Cc1cnccc1Cl)NN=Cc1cnccc1Cl. The van der Waals surface area contributed by atoms with Gasteiger partial charge in [0, 0.05) is 35.9 Å². The van der Waals surface area contributed by atoms with Crippen LogP contribution in [0.3, 0.4) is 0 Å². The smallest absolute Gasteiger partial charge is 0.234 e. The summed E-state index contributed by atoms with van der Waals surface area (Å²) in [5.74, 6) is 0.00697. The predicted molar refractivity (Wildman–Crippen MR) is 95.7 cm³/mol. The standard InChI is InChI=1S/C13H11Cl2N7.ClH/c14-11-1-3-17-5-9(11)7-19-21-13(16)22-20-8-10-6-18-4-2-12(10)15;/h1-8H,(H3,16,21,22);1H. The minimum atomic E-state index is 0. The molecule has 10 heteroatoms. The number of nitrogens with zero attached hydrogens (tertiary/aromatic N) is 5. The van der Waals surface area contributed by atoms with E-state index in [2.05, 4.69) is 30.7 Å². The lowest BCUT2D eigenvalue weighted by molar-refractivity contribution is 0.993. The molecule has 23 heavy (non-hydrogen) atoms. The van der Waals surface area contributed by atoms with Gasteiger partial charge in [0.05, 0.1) is 22.5 Å². The van der Waals surface area contributed by atoms with Crippen LogP contribution in [0.15, 0.2) is 52.2 Å². The molecule has 2 rings (SSSR count). The van der Waals surface area contributed by atoms with Crippen LogP contribution >= 0.6 is 35.6 Å². The number of guanidine groups is 1. The van der Waals surface area contributed by atoms with E-state index >= 15 is 0 Å². The van der Waals surface area contributed by atoms with Gasteiger partial charge in [0.1, 0.15) is 0 Å². The molecule has 2 heterocycles. The van der Waals surface area contributed by atoms with Crippen LogP contribution in [0.5, 0.6) is 0 Å². The van der Waals surface area contributed by atoms with Crippen molar-refractivity contribution in [1.82, 2.24) is 15.4 Å². The fraction of sp³-hybridized carbons (Fsp3) is 0. The van der Waals surface area contributed by atoms with Crippen molar-refractivity contribution in [2.24, 2.45) is 21.0 Å². The van der Waals surface area contributed by atoms with E-state index in [9.17, 15) is 0 Å². The molecule has 2 aromatic rings. The van der Waals surface area contributed by atoms with E-state index in [4.69, 9.17) is 28.9 Å². The van der Waals surface area contributed by atoms with Crippen molar-refractivity contribution in [3.05, 3.63) is 58.1 Å². The predicted octanol–water partition coefficient (Wildman–Crippen LogP) is 2.48. The third-order valence-corrected chi connectivity index (χ3v) is 3.03. The van der Waals surface area contributed by atoms with E-state index in [0.717, 1.165) is 0 Å². The topological polar surface area (TPSA) is 101 Å². The maximum absolute atomic E-state index is 5.94. The van der Waals surface area contributed by atoms with Crippen molar-refractivity contribution in [3.63, 3.8) is 0 Å². The summed E-state index contributed by atoms with van der Waals surface area (Å²) in [6, 6.07) is 3.30. The largest absolute Gasteiger partial charge is 0.367 e. The normalized spacial score (nSPS) is 11.7. The second-order valence-electron chi connectivity index (χ2n) is 3.89. The Balaban J connectivity index is 0.00000264. The van der Waals surface area contributed by atoms with Crippen molar-refractivity contribution in [3.8, 4) is 0 Å². The number of aromatic nitrogens is 2. The Labute approximate surface area is 148 Å². The zero-order valence-corrected chi connectivity index (χ0v) is 13.9. The summed E-state index contributed by atoms with van der Waals surface area (Å²) >= 11 is 11.9. The Bertz CT molecular complexity index is 731. The molecule has 0 aliphatic carbocycles. The van der Waals surface area contributed by atoms with E-state index in [1.807, 2.05) is 0 Å². The first-order valence-electron chi connectivity index (χ1n) is 6.01. The second-order valence-corrected chi connectivity index (χ2v) is 4.71. The van der Waals surface area contributed by atoms with Crippen LogP contribution in [0.4, 0.5) is 0 Å². The summed E-state index contributed by atoms with van der Waals surface area (Å²) in [4.78, 5) is 7.85. The lowest BCUT2D eigenvalue weighted by atomic mass is 10.3. The Hall–Kier alpha value is -2.22. The van der Waals surface area contributed by atoms with Crippen LogP contribution in [-0.2, 0) is 0 Å². The van der Waals surface area contributed by atoms with E-state index in [0.29, 0.717) is 21.2 Å². The molecule has 0 unspecified atom stereocenters. The summed E-state index contributed by atoms with van der Waals surface area (Å²) < 4.78 is 0. The Kier molecular flexibility index (Phi) is 7.96. The van der Waals surface area contributed by atoms with Crippen LogP contribution in [0.1, 0.15) is 11.1 Å². The summed E-state index contributed by atoms with van der Waals surface area (Å²) in [5, 5.41) is 12.4. The fourth-order valence-corrected chi connectivity index (χ4v) is 1.62. The molecule has 2 aromatic heterocycles. The van der Waals surface area contributed by atoms with Crippen molar-refractivity contribution in [1.29, 1.82) is 0 Å². The number of hydrogen-bond donors (Lipinski definition) is 2. The average molecular weight is 373 g/mol. The van der Waals surface area contributed by atoms with Crippen molar-refractivity contribution >= 4 is 54.0 Å². The number of halogens is 3. The first-order valence-corrected chi connectivity index (χ1v) is 6.77. The quantitative estimate of drug-likeness (QED) is 0.489. The second kappa shape index (κ2) is 9.73. The fourth-order valence-electron chi connectivity index (χ4n) is 1.31. The van der Waals surface area contributed by atoms with E-state index in [-0.39, 0.29) is 18.4 Å². The van der Waals surface area contributed by atoms with Crippen LogP contribution in [0.2, 0.25) is 10.0 Å². The highest BCUT2D eigenvalue weighted by Gasteiger charge is 1.96. The molecule has 7 nitrogen and oxygen atoms in total. The minimum absolute atomic E-state index is 0.